The zero-order valence-electron chi connectivity index (χ0n) is 12.4. The minimum atomic E-state index is -0.567. The molecule has 1 fully saturated rings. The van der Waals surface area contributed by atoms with Crippen LogP contribution in [0.15, 0.2) is 48.8 Å². The average Bonchev–Trinajstić information content (AvgIpc) is 2.56. The number of carbonyl (C=O) groups excluding carboxylic acids is 1. The number of amides is 1. The van der Waals surface area contributed by atoms with Crippen molar-refractivity contribution in [2.45, 2.75) is 6.04 Å². The van der Waals surface area contributed by atoms with E-state index in [1.54, 1.807) is 4.90 Å². The number of benzene rings is 1. The van der Waals surface area contributed by atoms with Gasteiger partial charge in [-0.2, -0.15) is 0 Å². The zero-order valence-corrected chi connectivity index (χ0v) is 12.4. The van der Waals surface area contributed by atoms with Gasteiger partial charge >= 0.3 is 0 Å². The maximum atomic E-state index is 13.8. The molecule has 2 aromatic rings. The summed E-state index contributed by atoms with van der Waals surface area (Å²) < 4.78 is 13.8. The number of piperazine rings is 1. The normalized spacial score (nSPS) is 19.2. The molecular formula is C17H18FN3O. The van der Waals surface area contributed by atoms with E-state index >= 15 is 0 Å². The minimum absolute atomic E-state index is 0.0892. The molecule has 1 amide bonds. The highest BCUT2D eigenvalue weighted by atomic mass is 19.1. The molecule has 0 radical (unpaired) electrons. The fourth-order valence-corrected chi connectivity index (χ4v) is 2.81. The number of aromatic nitrogens is 1. The van der Waals surface area contributed by atoms with Crippen LogP contribution >= 0.6 is 0 Å². The topological polar surface area (TPSA) is 36.4 Å². The first-order valence-corrected chi connectivity index (χ1v) is 7.31. The molecule has 2 heterocycles. The van der Waals surface area contributed by atoms with E-state index in [-0.39, 0.29) is 17.5 Å². The van der Waals surface area contributed by atoms with Crippen LogP contribution in [0.5, 0.6) is 0 Å². The molecule has 0 bridgehead atoms. The van der Waals surface area contributed by atoms with E-state index in [4.69, 9.17) is 0 Å². The highest BCUT2D eigenvalue weighted by Crippen LogP contribution is 2.25. The van der Waals surface area contributed by atoms with Crippen LogP contribution in [0.25, 0.3) is 0 Å². The van der Waals surface area contributed by atoms with E-state index in [2.05, 4.69) is 22.0 Å². The first-order valence-electron chi connectivity index (χ1n) is 7.31. The number of hydrogen-bond donors (Lipinski definition) is 0. The van der Waals surface area contributed by atoms with E-state index in [9.17, 15) is 9.18 Å². The SMILES string of the molecule is CN1CCN(C(=O)c2ccncc2F)C[C@H]1c1ccccc1. The molecular weight excluding hydrogens is 281 g/mol. The third-order valence-electron chi connectivity index (χ3n) is 4.12. The fourth-order valence-electron chi connectivity index (χ4n) is 2.81. The maximum absolute atomic E-state index is 13.8. The van der Waals surface area contributed by atoms with Gasteiger partial charge in [-0.3, -0.25) is 14.7 Å². The number of likely N-dealkylation sites (N-methyl/N-ethyl adjacent to an activating group) is 1. The van der Waals surface area contributed by atoms with Crippen LogP contribution < -0.4 is 0 Å². The Hall–Kier alpha value is -2.27. The van der Waals surface area contributed by atoms with Crippen molar-refractivity contribution < 1.29 is 9.18 Å². The molecule has 0 aliphatic carbocycles. The predicted octanol–water partition coefficient (Wildman–Crippen LogP) is 2.35. The largest absolute Gasteiger partial charge is 0.335 e. The molecule has 0 N–H and O–H groups in total. The van der Waals surface area contributed by atoms with Gasteiger partial charge in [0.1, 0.15) is 0 Å². The number of carbonyl (C=O) groups is 1. The summed E-state index contributed by atoms with van der Waals surface area (Å²) in [5.74, 6) is -0.836. The number of halogens is 1. The summed E-state index contributed by atoms with van der Waals surface area (Å²) in [6.07, 6.45) is 2.53. The van der Waals surface area contributed by atoms with Crippen molar-refractivity contribution >= 4 is 5.91 Å². The minimum Gasteiger partial charge on any atom is -0.335 e. The summed E-state index contributed by atoms with van der Waals surface area (Å²) in [4.78, 5) is 20.2. The van der Waals surface area contributed by atoms with Crippen molar-refractivity contribution in [1.29, 1.82) is 0 Å². The molecule has 1 aliphatic rings. The lowest BCUT2D eigenvalue weighted by Gasteiger charge is -2.39. The molecule has 1 aliphatic heterocycles. The van der Waals surface area contributed by atoms with Crippen molar-refractivity contribution in [2.75, 3.05) is 26.7 Å². The number of hydrogen-bond acceptors (Lipinski definition) is 3. The van der Waals surface area contributed by atoms with Crippen LogP contribution in [0.2, 0.25) is 0 Å². The average molecular weight is 299 g/mol. The molecule has 1 aromatic carbocycles. The summed E-state index contributed by atoms with van der Waals surface area (Å²) in [5.41, 5.74) is 1.25. The fraction of sp³-hybridized carbons (Fsp3) is 0.294. The second-order valence-corrected chi connectivity index (χ2v) is 5.51. The van der Waals surface area contributed by atoms with Crippen molar-refractivity contribution in [2.24, 2.45) is 0 Å². The second-order valence-electron chi connectivity index (χ2n) is 5.51. The van der Waals surface area contributed by atoms with Gasteiger partial charge < -0.3 is 4.90 Å². The summed E-state index contributed by atoms with van der Waals surface area (Å²) in [6, 6.07) is 11.6. The summed E-state index contributed by atoms with van der Waals surface area (Å²) in [5, 5.41) is 0. The van der Waals surface area contributed by atoms with E-state index in [1.807, 2.05) is 25.2 Å². The molecule has 0 spiro atoms. The molecule has 1 aromatic heterocycles. The van der Waals surface area contributed by atoms with E-state index in [0.29, 0.717) is 13.1 Å². The Morgan fingerprint density at radius 1 is 1.23 bits per heavy atom. The quantitative estimate of drug-likeness (QED) is 0.854. The van der Waals surface area contributed by atoms with Gasteiger partial charge in [-0.25, -0.2) is 4.39 Å². The van der Waals surface area contributed by atoms with Gasteiger partial charge in [-0.1, -0.05) is 30.3 Å². The van der Waals surface area contributed by atoms with Crippen molar-refractivity contribution in [1.82, 2.24) is 14.8 Å². The Bertz CT molecular complexity index is 662. The Morgan fingerprint density at radius 3 is 2.73 bits per heavy atom. The highest BCUT2D eigenvalue weighted by Gasteiger charge is 2.29. The summed E-state index contributed by atoms with van der Waals surface area (Å²) in [7, 11) is 2.05. The van der Waals surface area contributed by atoms with Crippen molar-refractivity contribution in [3.8, 4) is 0 Å². The molecule has 0 saturated carbocycles. The molecule has 22 heavy (non-hydrogen) atoms. The predicted molar refractivity (Wildman–Crippen MR) is 81.9 cm³/mol. The Labute approximate surface area is 129 Å². The van der Waals surface area contributed by atoms with Crippen LogP contribution in [-0.4, -0.2) is 47.4 Å². The third kappa shape index (κ3) is 2.85. The third-order valence-corrected chi connectivity index (χ3v) is 4.12. The van der Waals surface area contributed by atoms with Crippen LogP contribution in [0.1, 0.15) is 22.0 Å². The Balaban J connectivity index is 1.81. The van der Waals surface area contributed by atoms with Gasteiger partial charge in [0, 0.05) is 25.8 Å². The molecule has 3 rings (SSSR count). The molecule has 4 nitrogen and oxygen atoms in total. The monoisotopic (exact) mass is 299 g/mol. The van der Waals surface area contributed by atoms with Crippen LogP contribution in [0.4, 0.5) is 4.39 Å². The van der Waals surface area contributed by atoms with Crippen LogP contribution in [-0.2, 0) is 0 Å². The summed E-state index contributed by atoms with van der Waals surface area (Å²) >= 11 is 0. The van der Waals surface area contributed by atoms with Gasteiger partial charge in [0.2, 0.25) is 0 Å². The van der Waals surface area contributed by atoms with Gasteiger partial charge in [0.25, 0.3) is 5.91 Å². The first kappa shape index (κ1) is 14.7. The number of pyridine rings is 1. The van der Waals surface area contributed by atoms with E-state index in [1.165, 1.54) is 12.3 Å². The zero-order chi connectivity index (χ0) is 15.5. The Kier molecular flexibility index (Phi) is 4.15. The van der Waals surface area contributed by atoms with Crippen molar-refractivity contribution in [3.63, 3.8) is 0 Å². The molecule has 0 unspecified atom stereocenters. The lowest BCUT2D eigenvalue weighted by molar-refractivity contribution is 0.0542. The van der Waals surface area contributed by atoms with Gasteiger partial charge in [0.05, 0.1) is 17.8 Å². The van der Waals surface area contributed by atoms with E-state index in [0.717, 1.165) is 18.3 Å². The highest BCUT2D eigenvalue weighted by molar-refractivity contribution is 5.94. The molecule has 1 atom stereocenters. The smallest absolute Gasteiger partial charge is 0.257 e. The molecule has 5 heteroatoms. The lowest BCUT2D eigenvalue weighted by Crippen LogP contribution is -2.49. The van der Waals surface area contributed by atoms with Crippen molar-refractivity contribution in [3.05, 3.63) is 65.7 Å². The lowest BCUT2D eigenvalue weighted by atomic mass is 10.0. The first-order chi connectivity index (χ1) is 10.7. The van der Waals surface area contributed by atoms with Crippen LogP contribution in [0, 0.1) is 5.82 Å². The van der Waals surface area contributed by atoms with Gasteiger partial charge in [0.15, 0.2) is 5.82 Å². The molecule has 114 valence electrons. The Morgan fingerprint density at radius 2 is 2.00 bits per heavy atom. The van der Waals surface area contributed by atoms with E-state index < -0.39 is 5.82 Å². The number of nitrogens with zero attached hydrogens (tertiary/aromatic N) is 3. The molecule has 1 saturated heterocycles. The second kappa shape index (κ2) is 6.23. The number of rotatable bonds is 2. The van der Waals surface area contributed by atoms with Gasteiger partial charge in [-0.15, -0.1) is 0 Å². The van der Waals surface area contributed by atoms with Crippen LogP contribution in [0.3, 0.4) is 0 Å². The standard InChI is InChI=1S/C17H18FN3O/c1-20-9-10-21(12-16(20)13-5-3-2-4-6-13)17(22)14-7-8-19-11-15(14)18/h2-8,11,16H,9-10,12H2,1H3/t16-/m0/s1. The van der Waals surface area contributed by atoms with Gasteiger partial charge in [-0.05, 0) is 18.7 Å². The maximum Gasteiger partial charge on any atom is 0.257 e. The summed E-state index contributed by atoms with van der Waals surface area (Å²) in [6.45, 7) is 1.92.